The van der Waals surface area contributed by atoms with Gasteiger partial charge in [0.2, 0.25) is 0 Å². The first kappa shape index (κ1) is 31.5. The van der Waals surface area contributed by atoms with Crippen molar-refractivity contribution in [3.05, 3.63) is 66.7 Å². The van der Waals surface area contributed by atoms with Gasteiger partial charge in [0.15, 0.2) is 0 Å². The maximum atomic E-state index is 10.0. The monoisotopic (exact) mass is 606 g/mol. The highest BCUT2D eigenvalue weighted by molar-refractivity contribution is 7.99. The number of hydrogen-bond donors (Lipinski definition) is 2. The van der Waals surface area contributed by atoms with Crippen LogP contribution in [0.2, 0.25) is 0 Å². The van der Waals surface area contributed by atoms with E-state index in [1.165, 1.54) is 21.2 Å². The Morgan fingerprint density at radius 1 is 0.791 bits per heavy atom. The number of hydrogen-bond acceptors (Lipinski definition) is 9. The van der Waals surface area contributed by atoms with Gasteiger partial charge in [0.05, 0.1) is 18.5 Å². The Labute approximate surface area is 260 Å². The number of ether oxygens (including phenoxy) is 3. The van der Waals surface area contributed by atoms with Crippen LogP contribution in [0.5, 0.6) is 17.2 Å². The minimum Gasteiger partial charge on any atom is -0.497 e. The average molecular weight is 607 g/mol. The maximum Gasteiger partial charge on any atom is 0.121 e. The normalized spacial score (nSPS) is 16.1. The molecule has 9 heteroatoms. The molecule has 0 saturated carbocycles. The van der Waals surface area contributed by atoms with Crippen molar-refractivity contribution in [2.24, 2.45) is 0 Å². The molecule has 1 unspecified atom stereocenters. The first-order chi connectivity index (χ1) is 21.0. The van der Waals surface area contributed by atoms with Crippen LogP contribution < -0.4 is 24.4 Å². The Hall–Kier alpha value is -2.95. The van der Waals surface area contributed by atoms with Gasteiger partial charge in [-0.05, 0) is 61.5 Å². The molecular formula is C34H46N4O4S. The molecule has 0 bridgehead atoms. The summed E-state index contributed by atoms with van der Waals surface area (Å²) in [4.78, 5) is 10.1. The molecule has 8 nitrogen and oxygen atoms in total. The highest BCUT2D eigenvalue weighted by Crippen LogP contribution is 2.49. The number of aliphatic hydroxyl groups excluding tert-OH is 1. The summed E-state index contributed by atoms with van der Waals surface area (Å²) in [6.07, 6.45) is 0.568. The second kappa shape index (κ2) is 15.7. The van der Waals surface area contributed by atoms with E-state index in [4.69, 9.17) is 14.2 Å². The molecule has 0 aliphatic carbocycles. The summed E-state index contributed by atoms with van der Waals surface area (Å²) in [7, 11) is 1.73. The summed E-state index contributed by atoms with van der Waals surface area (Å²) in [5, 5.41) is 13.2. The molecule has 2 heterocycles. The van der Waals surface area contributed by atoms with Gasteiger partial charge in [0, 0.05) is 67.7 Å². The lowest BCUT2D eigenvalue weighted by Crippen LogP contribution is -2.47. The zero-order valence-corrected chi connectivity index (χ0v) is 26.5. The number of methoxy groups -OCH3 is 1. The SMILES string of the molecule is COc1ccc2c(c1)N(CCCN1CCN(CCOc3ccc(OCC(O)CNC(C)C)cc3)CC1)c1ccccc1S2. The van der Waals surface area contributed by atoms with E-state index in [0.29, 0.717) is 19.2 Å². The van der Waals surface area contributed by atoms with E-state index in [2.05, 4.69) is 76.3 Å². The number of piperazine rings is 1. The Morgan fingerprint density at radius 3 is 2.16 bits per heavy atom. The molecule has 232 valence electrons. The molecule has 3 aromatic rings. The van der Waals surface area contributed by atoms with E-state index in [1.807, 2.05) is 36.0 Å². The van der Waals surface area contributed by atoms with Gasteiger partial charge in [-0.3, -0.25) is 4.90 Å². The summed E-state index contributed by atoms with van der Waals surface area (Å²) in [6.45, 7) is 12.8. The lowest BCUT2D eigenvalue weighted by Gasteiger charge is -2.36. The van der Waals surface area contributed by atoms with Gasteiger partial charge < -0.3 is 34.4 Å². The molecule has 1 fully saturated rings. The number of benzene rings is 3. The van der Waals surface area contributed by atoms with E-state index in [9.17, 15) is 5.11 Å². The Bertz CT molecular complexity index is 1280. The molecule has 2 N–H and O–H groups in total. The van der Waals surface area contributed by atoms with Gasteiger partial charge in [0.25, 0.3) is 0 Å². The quantitative estimate of drug-likeness (QED) is 0.245. The van der Waals surface area contributed by atoms with Crippen molar-refractivity contribution in [3.63, 3.8) is 0 Å². The lowest BCUT2D eigenvalue weighted by atomic mass is 10.2. The third-order valence-electron chi connectivity index (χ3n) is 7.86. The number of anilines is 2. The van der Waals surface area contributed by atoms with Crippen LogP contribution in [0.1, 0.15) is 20.3 Å². The fourth-order valence-corrected chi connectivity index (χ4v) is 6.49. The van der Waals surface area contributed by atoms with Crippen LogP contribution in [0.3, 0.4) is 0 Å². The van der Waals surface area contributed by atoms with Crippen molar-refractivity contribution >= 4 is 23.1 Å². The molecule has 2 aliphatic rings. The summed E-state index contributed by atoms with van der Waals surface area (Å²) < 4.78 is 17.2. The number of para-hydroxylation sites is 1. The summed E-state index contributed by atoms with van der Waals surface area (Å²) >= 11 is 1.84. The lowest BCUT2D eigenvalue weighted by molar-refractivity contribution is 0.104. The molecule has 0 aromatic heterocycles. The highest BCUT2D eigenvalue weighted by Gasteiger charge is 2.24. The van der Waals surface area contributed by atoms with Gasteiger partial charge in [-0.15, -0.1) is 0 Å². The van der Waals surface area contributed by atoms with Crippen molar-refractivity contribution in [2.75, 3.05) is 77.6 Å². The minimum absolute atomic E-state index is 0.264. The van der Waals surface area contributed by atoms with Crippen LogP contribution in [0, 0.1) is 0 Å². The zero-order chi connectivity index (χ0) is 30.0. The predicted octanol–water partition coefficient (Wildman–Crippen LogP) is 5.12. The molecule has 1 saturated heterocycles. The minimum atomic E-state index is -0.535. The standard InChI is InChI=1S/C34H46N4O4S/c1-26(2)35-24-27(39)25-42-29-11-9-28(10-12-29)41-22-21-37-19-17-36(18-20-37)15-6-16-38-31-7-4-5-8-33(31)43-34-14-13-30(40-3)23-32(34)38/h4-5,7-14,23,26-27,35,39H,6,15-22,24-25H2,1-3H3. The van der Waals surface area contributed by atoms with E-state index < -0.39 is 6.10 Å². The topological polar surface area (TPSA) is 69.7 Å². The smallest absolute Gasteiger partial charge is 0.121 e. The van der Waals surface area contributed by atoms with Crippen LogP contribution in [-0.2, 0) is 0 Å². The van der Waals surface area contributed by atoms with Gasteiger partial charge in [-0.25, -0.2) is 0 Å². The maximum absolute atomic E-state index is 10.0. The molecule has 3 aromatic carbocycles. The largest absolute Gasteiger partial charge is 0.497 e. The van der Waals surface area contributed by atoms with E-state index in [0.717, 1.165) is 69.5 Å². The fraction of sp³-hybridized carbons (Fsp3) is 0.471. The number of fused-ring (bicyclic) bond motifs is 2. The van der Waals surface area contributed by atoms with Gasteiger partial charge in [0.1, 0.15) is 36.6 Å². The molecule has 0 radical (unpaired) electrons. The Morgan fingerprint density at radius 2 is 1.44 bits per heavy atom. The Balaban J connectivity index is 1.00. The predicted molar refractivity (Wildman–Crippen MR) is 175 cm³/mol. The van der Waals surface area contributed by atoms with Crippen molar-refractivity contribution in [3.8, 4) is 17.2 Å². The Kier molecular flexibility index (Phi) is 11.5. The molecule has 2 aliphatic heterocycles. The molecule has 0 amide bonds. The first-order valence-electron chi connectivity index (χ1n) is 15.4. The van der Waals surface area contributed by atoms with E-state index >= 15 is 0 Å². The number of aliphatic hydroxyl groups is 1. The summed E-state index contributed by atoms with van der Waals surface area (Å²) in [5.41, 5.74) is 2.53. The number of nitrogens with one attached hydrogen (secondary N) is 1. The summed E-state index contributed by atoms with van der Waals surface area (Å²) in [5.74, 6) is 2.47. The first-order valence-corrected chi connectivity index (χ1v) is 16.2. The van der Waals surface area contributed by atoms with Crippen LogP contribution in [-0.4, -0.2) is 99.7 Å². The third kappa shape index (κ3) is 9.03. The van der Waals surface area contributed by atoms with Crippen molar-refractivity contribution in [1.29, 1.82) is 0 Å². The van der Waals surface area contributed by atoms with Gasteiger partial charge in [-0.1, -0.05) is 37.7 Å². The van der Waals surface area contributed by atoms with E-state index in [-0.39, 0.29) is 6.61 Å². The van der Waals surface area contributed by atoms with Gasteiger partial charge >= 0.3 is 0 Å². The van der Waals surface area contributed by atoms with Crippen LogP contribution in [0.4, 0.5) is 11.4 Å². The second-order valence-corrected chi connectivity index (χ2v) is 12.5. The number of nitrogens with zero attached hydrogens (tertiary/aromatic N) is 3. The van der Waals surface area contributed by atoms with E-state index in [1.54, 1.807) is 7.11 Å². The van der Waals surface area contributed by atoms with Crippen molar-refractivity contribution < 1.29 is 19.3 Å². The highest BCUT2D eigenvalue weighted by atomic mass is 32.2. The molecule has 1 atom stereocenters. The zero-order valence-electron chi connectivity index (χ0n) is 25.7. The molecule has 43 heavy (non-hydrogen) atoms. The van der Waals surface area contributed by atoms with Crippen LogP contribution >= 0.6 is 11.8 Å². The van der Waals surface area contributed by atoms with Crippen LogP contribution in [0.25, 0.3) is 0 Å². The van der Waals surface area contributed by atoms with Crippen molar-refractivity contribution in [1.82, 2.24) is 15.1 Å². The molecule has 5 rings (SSSR count). The fourth-order valence-electron chi connectivity index (χ4n) is 5.41. The molecular weight excluding hydrogens is 560 g/mol. The molecule has 0 spiro atoms. The number of rotatable bonds is 15. The average Bonchev–Trinajstić information content (AvgIpc) is 3.03. The van der Waals surface area contributed by atoms with Crippen molar-refractivity contribution in [2.45, 2.75) is 42.2 Å². The second-order valence-electron chi connectivity index (χ2n) is 11.4. The third-order valence-corrected chi connectivity index (χ3v) is 8.99. The van der Waals surface area contributed by atoms with Crippen LogP contribution in [0.15, 0.2) is 76.5 Å². The van der Waals surface area contributed by atoms with Gasteiger partial charge in [-0.2, -0.15) is 0 Å². The summed E-state index contributed by atoms with van der Waals surface area (Å²) in [6, 6.07) is 23.1.